The van der Waals surface area contributed by atoms with Crippen molar-refractivity contribution in [2.75, 3.05) is 0 Å². The van der Waals surface area contributed by atoms with Crippen LogP contribution < -0.4 is 4.87 Å². The Bertz CT molecular complexity index is 813. The molecule has 3 aromatic rings. The van der Waals surface area contributed by atoms with Crippen LogP contribution in [0, 0.1) is 0 Å². The molecule has 0 amide bonds. The molecule has 0 aliphatic heterocycles. The predicted octanol–water partition coefficient (Wildman–Crippen LogP) is 2.48. The minimum Gasteiger partial charge on any atom is -0.459 e. The lowest BCUT2D eigenvalue weighted by molar-refractivity contribution is 0.461. The predicted molar refractivity (Wildman–Crippen MR) is 76.3 cm³/mol. The van der Waals surface area contributed by atoms with Crippen LogP contribution >= 0.6 is 11.3 Å². The first-order valence-electron chi connectivity index (χ1n) is 6.89. The van der Waals surface area contributed by atoms with Crippen molar-refractivity contribution in [2.24, 2.45) is 0 Å². The molecule has 0 atom stereocenters. The molecule has 0 saturated heterocycles. The molecule has 0 bridgehead atoms. The summed E-state index contributed by atoms with van der Waals surface area (Å²) in [6.07, 6.45) is 5.80. The zero-order chi connectivity index (χ0) is 14.2. The number of furan rings is 1. The number of thiazole rings is 1. The fraction of sp³-hybridized carbons (Fsp3) is 0.357. The van der Waals surface area contributed by atoms with Gasteiger partial charge in [0.2, 0.25) is 5.89 Å². The summed E-state index contributed by atoms with van der Waals surface area (Å²) < 4.78 is 12.6. The first-order valence-corrected chi connectivity index (χ1v) is 7.70. The molecular formula is C14H13N3O3S. The van der Waals surface area contributed by atoms with Crippen molar-refractivity contribution in [3.05, 3.63) is 44.5 Å². The highest BCUT2D eigenvalue weighted by atomic mass is 32.1. The Kier molecular flexibility index (Phi) is 2.99. The second-order valence-corrected chi connectivity index (χ2v) is 6.06. The van der Waals surface area contributed by atoms with Crippen LogP contribution in [0.3, 0.4) is 0 Å². The summed E-state index contributed by atoms with van der Waals surface area (Å²) in [5, 5.41) is 7.96. The van der Waals surface area contributed by atoms with Gasteiger partial charge in [-0.25, -0.2) is 0 Å². The fourth-order valence-corrected chi connectivity index (χ4v) is 3.71. The van der Waals surface area contributed by atoms with Crippen LogP contribution in [0.25, 0.3) is 11.7 Å². The number of aromatic nitrogens is 3. The monoisotopic (exact) mass is 303 g/mol. The van der Waals surface area contributed by atoms with Gasteiger partial charge in [-0.15, -0.1) is 10.2 Å². The first-order chi connectivity index (χ1) is 10.3. The van der Waals surface area contributed by atoms with E-state index in [2.05, 4.69) is 10.2 Å². The average molecular weight is 303 g/mol. The van der Waals surface area contributed by atoms with Gasteiger partial charge >= 0.3 is 4.87 Å². The molecule has 3 heterocycles. The van der Waals surface area contributed by atoms with Crippen LogP contribution in [0.1, 0.15) is 29.3 Å². The Hall–Kier alpha value is -2.15. The Morgan fingerprint density at radius 2 is 2.19 bits per heavy atom. The smallest absolute Gasteiger partial charge is 0.308 e. The molecule has 0 radical (unpaired) electrons. The Morgan fingerprint density at radius 3 is 3.05 bits per heavy atom. The lowest BCUT2D eigenvalue weighted by Crippen LogP contribution is -2.18. The molecule has 0 fully saturated rings. The van der Waals surface area contributed by atoms with Gasteiger partial charge < -0.3 is 8.83 Å². The lowest BCUT2D eigenvalue weighted by atomic mass is 10.0. The maximum Gasteiger partial charge on any atom is 0.308 e. The molecule has 21 heavy (non-hydrogen) atoms. The molecule has 1 aliphatic carbocycles. The molecule has 3 aromatic heterocycles. The third-order valence-electron chi connectivity index (χ3n) is 3.64. The van der Waals surface area contributed by atoms with E-state index >= 15 is 0 Å². The zero-order valence-electron chi connectivity index (χ0n) is 11.2. The third kappa shape index (κ3) is 2.23. The van der Waals surface area contributed by atoms with Gasteiger partial charge in [0.15, 0.2) is 5.76 Å². The molecule has 0 unspecified atom stereocenters. The van der Waals surface area contributed by atoms with Gasteiger partial charge in [-0.1, -0.05) is 11.3 Å². The van der Waals surface area contributed by atoms with Crippen molar-refractivity contribution < 1.29 is 8.83 Å². The summed E-state index contributed by atoms with van der Waals surface area (Å²) in [6, 6.07) is 3.52. The number of nitrogens with zero attached hydrogens (tertiary/aromatic N) is 3. The van der Waals surface area contributed by atoms with Gasteiger partial charge in [-0.2, -0.15) is 0 Å². The molecule has 0 saturated carbocycles. The van der Waals surface area contributed by atoms with Crippen LogP contribution in [0.5, 0.6) is 0 Å². The number of aryl methyl sites for hydroxylation is 1. The molecule has 108 valence electrons. The fourth-order valence-electron chi connectivity index (χ4n) is 2.64. The molecule has 4 rings (SSSR count). The quantitative estimate of drug-likeness (QED) is 0.743. The molecule has 0 N–H and O–H groups in total. The largest absolute Gasteiger partial charge is 0.459 e. The molecule has 6 nitrogen and oxygen atoms in total. The van der Waals surface area contributed by atoms with Gasteiger partial charge in [0, 0.05) is 10.6 Å². The van der Waals surface area contributed by atoms with Crippen molar-refractivity contribution in [3.63, 3.8) is 0 Å². The zero-order valence-corrected chi connectivity index (χ0v) is 12.1. The maximum absolute atomic E-state index is 12.1. The van der Waals surface area contributed by atoms with Crippen LogP contribution in [0.4, 0.5) is 0 Å². The van der Waals surface area contributed by atoms with Crippen molar-refractivity contribution in [2.45, 2.75) is 32.2 Å². The molecule has 1 aliphatic rings. The highest BCUT2D eigenvalue weighted by Gasteiger charge is 2.20. The number of hydrogen-bond acceptors (Lipinski definition) is 6. The van der Waals surface area contributed by atoms with Crippen LogP contribution in [-0.2, 0) is 19.4 Å². The molecule has 0 aromatic carbocycles. The molecule has 7 heteroatoms. The van der Waals surface area contributed by atoms with Crippen LogP contribution in [0.2, 0.25) is 0 Å². The first kappa shape index (κ1) is 12.6. The van der Waals surface area contributed by atoms with Gasteiger partial charge in [-0.3, -0.25) is 9.36 Å². The minimum atomic E-state index is 0.0552. The van der Waals surface area contributed by atoms with E-state index in [1.165, 1.54) is 16.2 Å². The van der Waals surface area contributed by atoms with Crippen molar-refractivity contribution in [3.8, 4) is 11.7 Å². The molecule has 0 spiro atoms. The average Bonchev–Trinajstić information content (AvgIpc) is 3.20. The molecular weight excluding hydrogens is 290 g/mol. The Morgan fingerprint density at radius 1 is 1.29 bits per heavy atom. The van der Waals surface area contributed by atoms with E-state index in [-0.39, 0.29) is 4.87 Å². The summed E-state index contributed by atoms with van der Waals surface area (Å²) in [4.78, 5) is 13.4. The van der Waals surface area contributed by atoms with Gasteiger partial charge in [-0.05, 0) is 37.8 Å². The van der Waals surface area contributed by atoms with Crippen molar-refractivity contribution in [1.82, 2.24) is 14.8 Å². The second kappa shape index (κ2) is 5.00. The van der Waals surface area contributed by atoms with Crippen LogP contribution in [-0.4, -0.2) is 14.8 Å². The standard InChI is InChI=1S/C14H13N3O3S/c18-14-17(9-4-1-2-6-11(9)21-14)8-12-15-16-13(20-12)10-5-3-7-19-10/h3,5,7H,1-2,4,6,8H2. The van der Waals surface area contributed by atoms with E-state index in [1.54, 1.807) is 23.0 Å². The Labute approximate surface area is 124 Å². The minimum absolute atomic E-state index is 0.0552. The van der Waals surface area contributed by atoms with Gasteiger partial charge in [0.25, 0.3) is 5.89 Å². The summed E-state index contributed by atoms with van der Waals surface area (Å²) in [6.45, 7) is 0.332. The number of fused-ring (bicyclic) bond motifs is 1. The van der Waals surface area contributed by atoms with Crippen molar-refractivity contribution in [1.29, 1.82) is 0 Å². The van der Waals surface area contributed by atoms with E-state index in [0.29, 0.717) is 24.1 Å². The topological polar surface area (TPSA) is 74.1 Å². The lowest BCUT2D eigenvalue weighted by Gasteiger charge is -2.12. The van der Waals surface area contributed by atoms with E-state index in [4.69, 9.17) is 8.83 Å². The number of hydrogen-bond donors (Lipinski definition) is 0. The van der Waals surface area contributed by atoms with Gasteiger partial charge in [0.1, 0.15) is 6.54 Å². The maximum atomic E-state index is 12.1. The summed E-state index contributed by atoms with van der Waals surface area (Å²) in [7, 11) is 0. The van der Waals surface area contributed by atoms with Crippen molar-refractivity contribution >= 4 is 11.3 Å². The highest BCUT2D eigenvalue weighted by molar-refractivity contribution is 7.09. The third-order valence-corrected chi connectivity index (χ3v) is 4.72. The van der Waals surface area contributed by atoms with E-state index in [0.717, 1.165) is 31.4 Å². The van der Waals surface area contributed by atoms with Gasteiger partial charge in [0.05, 0.1) is 6.26 Å². The normalized spacial score (nSPS) is 14.3. The second-order valence-electron chi connectivity index (χ2n) is 5.01. The Balaban J connectivity index is 1.65. The SMILES string of the molecule is O=c1sc2c(n1Cc1nnc(-c3ccco3)o1)CCCC2. The summed E-state index contributed by atoms with van der Waals surface area (Å²) in [5.74, 6) is 1.30. The summed E-state index contributed by atoms with van der Waals surface area (Å²) in [5.41, 5.74) is 1.13. The highest BCUT2D eigenvalue weighted by Crippen LogP contribution is 2.24. The van der Waals surface area contributed by atoms with Crippen LogP contribution in [0.15, 0.2) is 32.0 Å². The van der Waals surface area contributed by atoms with E-state index in [1.807, 2.05) is 0 Å². The number of rotatable bonds is 3. The van der Waals surface area contributed by atoms with E-state index in [9.17, 15) is 4.79 Å². The van der Waals surface area contributed by atoms with E-state index < -0.39 is 0 Å². The summed E-state index contributed by atoms with van der Waals surface area (Å²) >= 11 is 1.34.